The van der Waals surface area contributed by atoms with Gasteiger partial charge in [-0.25, -0.2) is 0 Å². The van der Waals surface area contributed by atoms with Gasteiger partial charge in [0, 0.05) is 18.6 Å². The fraction of sp³-hybridized carbons (Fsp3) is 0.562. The Hall–Kier alpha value is -1.39. The highest BCUT2D eigenvalue weighted by molar-refractivity contribution is 5.82. The summed E-state index contributed by atoms with van der Waals surface area (Å²) in [4.78, 5) is 12.2. The molecule has 3 atom stereocenters. The zero-order valence-corrected chi connectivity index (χ0v) is 12.4. The number of rotatable bonds is 6. The number of carbonyl (C=O) groups excluding carboxylic acids is 1. The molecule has 4 nitrogen and oxygen atoms in total. The number of amides is 1. The second-order valence-corrected chi connectivity index (χ2v) is 5.62. The lowest BCUT2D eigenvalue weighted by Gasteiger charge is -2.18. The van der Waals surface area contributed by atoms with Crippen LogP contribution in [0.4, 0.5) is 0 Å². The Labute approximate surface area is 121 Å². The number of nitrogens with one attached hydrogen (secondary N) is 3. The van der Waals surface area contributed by atoms with E-state index >= 15 is 0 Å². The molecule has 3 unspecified atom stereocenters. The third-order valence-corrected chi connectivity index (χ3v) is 3.94. The predicted molar refractivity (Wildman–Crippen MR) is 81.6 cm³/mol. The zero-order chi connectivity index (χ0) is 14.4. The third-order valence-electron chi connectivity index (χ3n) is 3.94. The Morgan fingerprint density at radius 3 is 2.70 bits per heavy atom. The van der Waals surface area contributed by atoms with Crippen LogP contribution in [-0.4, -0.2) is 37.6 Å². The molecule has 1 heterocycles. The van der Waals surface area contributed by atoms with Crippen molar-refractivity contribution in [2.75, 3.05) is 13.6 Å². The van der Waals surface area contributed by atoms with Crippen LogP contribution in [0.5, 0.6) is 0 Å². The molecule has 0 radical (unpaired) electrons. The Kier molecular flexibility index (Phi) is 5.56. The van der Waals surface area contributed by atoms with Crippen LogP contribution >= 0.6 is 0 Å². The number of hydrogen-bond donors (Lipinski definition) is 3. The van der Waals surface area contributed by atoms with Gasteiger partial charge in [0.2, 0.25) is 5.91 Å². The SMILES string of the molecule is CNC(Cc1ccccc1)C(=O)NCC1CCC(C)N1. The minimum Gasteiger partial charge on any atom is -0.353 e. The van der Waals surface area contributed by atoms with E-state index in [9.17, 15) is 4.79 Å². The van der Waals surface area contributed by atoms with E-state index in [2.05, 4.69) is 35.0 Å². The summed E-state index contributed by atoms with van der Waals surface area (Å²) in [6, 6.07) is 10.9. The van der Waals surface area contributed by atoms with Crippen LogP contribution in [0.1, 0.15) is 25.3 Å². The lowest BCUT2D eigenvalue weighted by atomic mass is 10.1. The second-order valence-electron chi connectivity index (χ2n) is 5.62. The molecular formula is C16H25N3O. The molecule has 1 amide bonds. The van der Waals surface area contributed by atoms with E-state index < -0.39 is 0 Å². The van der Waals surface area contributed by atoms with Gasteiger partial charge in [0.05, 0.1) is 6.04 Å². The molecule has 110 valence electrons. The van der Waals surface area contributed by atoms with Crippen molar-refractivity contribution in [2.24, 2.45) is 0 Å². The maximum absolute atomic E-state index is 12.2. The van der Waals surface area contributed by atoms with Gasteiger partial charge in [-0.1, -0.05) is 30.3 Å². The van der Waals surface area contributed by atoms with Gasteiger partial charge in [-0.15, -0.1) is 0 Å². The van der Waals surface area contributed by atoms with Gasteiger partial charge in [-0.2, -0.15) is 0 Å². The molecule has 2 rings (SSSR count). The Morgan fingerprint density at radius 1 is 1.35 bits per heavy atom. The summed E-state index contributed by atoms with van der Waals surface area (Å²) < 4.78 is 0. The number of carbonyl (C=O) groups is 1. The first-order chi connectivity index (χ1) is 9.69. The van der Waals surface area contributed by atoms with Crippen molar-refractivity contribution >= 4 is 5.91 Å². The van der Waals surface area contributed by atoms with E-state index in [0.29, 0.717) is 12.1 Å². The molecule has 1 aliphatic rings. The number of likely N-dealkylation sites (N-methyl/N-ethyl adjacent to an activating group) is 1. The Balaban J connectivity index is 1.80. The van der Waals surface area contributed by atoms with Gasteiger partial charge in [0.1, 0.15) is 0 Å². The highest BCUT2D eigenvalue weighted by atomic mass is 16.2. The molecule has 0 bridgehead atoms. The molecule has 1 aliphatic heterocycles. The van der Waals surface area contributed by atoms with Gasteiger partial charge in [0.25, 0.3) is 0 Å². The molecule has 4 heteroatoms. The van der Waals surface area contributed by atoms with Gasteiger partial charge in [-0.05, 0) is 38.8 Å². The van der Waals surface area contributed by atoms with Crippen LogP contribution in [0.3, 0.4) is 0 Å². The molecular weight excluding hydrogens is 250 g/mol. The van der Waals surface area contributed by atoms with E-state index in [1.54, 1.807) is 0 Å². The first kappa shape index (κ1) is 15.0. The quantitative estimate of drug-likeness (QED) is 0.728. The molecule has 1 aromatic rings. The van der Waals surface area contributed by atoms with Crippen molar-refractivity contribution in [2.45, 2.75) is 44.3 Å². The lowest BCUT2D eigenvalue weighted by molar-refractivity contribution is -0.123. The summed E-state index contributed by atoms with van der Waals surface area (Å²) in [6.45, 7) is 2.91. The highest BCUT2D eigenvalue weighted by Gasteiger charge is 2.22. The van der Waals surface area contributed by atoms with Crippen molar-refractivity contribution in [3.05, 3.63) is 35.9 Å². The van der Waals surface area contributed by atoms with E-state index in [1.807, 2.05) is 25.2 Å². The molecule has 0 spiro atoms. The first-order valence-electron chi connectivity index (χ1n) is 7.44. The van der Waals surface area contributed by atoms with Crippen LogP contribution in [0.25, 0.3) is 0 Å². The van der Waals surface area contributed by atoms with E-state index in [1.165, 1.54) is 12.0 Å². The Bertz CT molecular complexity index is 421. The van der Waals surface area contributed by atoms with Gasteiger partial charge < -0.3 is 16.0 Å². The predicted octanol–water partition coefficient (Wildman–Crippen LogP) is 1.07. The third kappa shape index (κ3) is 4.32. The standard InChI is InChI=1S/C16H25N3O/c1-12-8-9-14(19-12)11-18-16(20)15(17-2)10-13-6-4-3-5-7-13/h3-7,12,14-15,17,19H,8-11H2,1-2H3,(H,18,20). The van der Waals surface area contributed by atoms with Crippen molar-refractivity contribution in [3.63, 3.8) is 0 Å². The summed E-state index contributed by atoms with van der Waals surface area (Å²) in [5.74, 6) is 0.0812. The van der Waals surface area contributed by atoms with E-state index in [4.69, 9.17) is 0 Å². The van der Waals surface area contributed by atoms with Crippen molar-refractivity contribution in [1.82, 2.24) is 16.0 Å². The summed E-state index contributed by atoms with van der Waals surface area (Å²) in [7, 11) is 1.84. The highest BCUT2D eigenvalue weighted by Crippen LogP contribution is 2.10. The number of hydrogen-bond acceptors (Lipinski definition) is 3. The largest absolute Gasteiger partial charge is 0.353 e. The summed E-state index contributed by atoms with van der Waals surface area (Å²) in [6.07, 6.45) is 3.06. The number of benzene rings is 1. The molecule has 1 fully saturated rings. The van der Waals surface area contributed by atoms with Crippen molar-refractivity contribution in [1.29, 1.82) is 0 Å². The van der Waals surface area contributed by atoms with Crippen molar-refractivity contribution in [3.8, 4) is 0 Å². The minimum atomic E-state index is -0.170. The molecule has 1 saturated heterocycles. The van der Waals surface area contributed by atoms with E-state index in [-0.39, 0.29) is 11.9 Å². The Morgan fingerprint density at radius 2 is 2.10 bits per heavy atom. The van der Waals surface area contributed by atoms with Gasteiger partial charge >= 0.3 is 0 Å². The monoisotopic (exact) mass is 275 g/mol. The fourth-order valence-electron chi connectivity index (χ4n) is 2.70. The van der Waals surface area contributed by atoms with Crippen LogP contribution in [0, 0.1) is 0 Å². The second kappa shape index (κ2) is 7.41. The molecule has 0 saturated carbocycles. The maximum Gasteiger partial charge on any atom is 0.237 e. The molecule has 0 aliphatic carbocycles. The molecule has 3 N–H and O–H groups in total. The van der Waals surface area contributed by atoms with E-state index in [0.717, 1.165) is 19.4 Å². The minimum absolute atomic E-state index is 0.0812. The zero-order valence-electron chi connectivity index (χ0n) is 12.4. The molecule has 20 heavy (non-hydrogen) atoms. The maximum atomic E-state index is 12.2. The fourth-order valence-corrected chi connectivity index (χ4v) is 2.70. The summed E-state index contributed by atoms with van der Waals surface area (Å²) in [5.41, 5.74) is 1.18. The molecule has 0 aromatic heterocycles. The summed E-state index contributed by atoms with van der Waals surface area (Å²) >= 11 is 0. The average molecular weight is 275 g/mol. The van der Waals surface area contributed by atoms with Gasteiger partial charge in [-0.3, -0.25) is 4.79 Å². The smallest absolute Gasteiger partial charge is 0.237 e. The van der Waals surface area contributed by atoms with Crippen molar-refractivity contribution < 1.29 is 4.79 Å². The topological polar surface area (TPSA) is 53.2 Å². The average Bonchev–Trinajstić information content (AvgIpc) is 2.89. The van der Waals surface area contributed by atoms with Crippen LogP contribution in [0.2, 0.25) is 0 Å². The van der Waals surface area contributed by atoms with Crippen LogP contribution in [-0.2, 0) is 11.2 Å². The lowest BCUT2D eigenvalue weighted by Crippen LogP contribution is -2.47. The first-order valence-corrected chi connectivity index (χ1v) is 7.44. The summed E-state index contributed by atoms with van der Waals surface area (Å²) in [5, 5.41) is 9.64. The van der Waals surface area contributed by atoms with Gasteiger partial charge in [0.15, 0.2) is 0 Å². The molecule has 1 aromatic carbocycles. The van der Waals surface area contributed by atoms with Crippen LogP contribution in [0.15, 0.2) is 30.3 Å². The van der Waals surface area contributed by atoms with Crippen LogP contribution < -0.4 is 16.0 Å². The normalized spacial score (nSPS) is 23.5.